The van der Waals surface area contributed by atoms with Crippen LogP contribution in [-0.4, -0.2) is 13.1 Å². The van der Waals surface area contributed by atoms with Gasteiger partial charge in [0.05, 0.1) is 0 Å². The quantitative estimate of drug-likeness (QED) is 0.827. The van der Waals surface area contributed by atoms with Crippen molar-refractivity contribution in [2.75, 3.05) is 13.1 Å². The first-order valence-electron chi connectivity index (χ1n) is 5.66. The van der Waals surface area contributed by atoms with Gasteiger partial charge in [-0.3, -0.25) is 0 Å². The summed E-state index contributed by atoms with van der Waals surface area (Å²) in [5.74, 6) is 0.773. The molecule has 1 aromatic rings. The standard InChI is InChI=1S/C13H18ClN/c1-3-15-9-13(8-10(13)2)11-5-4-6-12(14)7-11/h4-7,10,15H,3,8-9H2,1-2H3. The molecular weight excluding hydrogens is 206 g/mol. The van der Waals surface area contributed by atoms with Crippen LogP contribution in [0.2, 0.25) is 5.02 Å². The van der Waals surface area contributed by atoms with Crippen LogP contribution in [0.3, 0.4) is 0 Å². The van der Waals surface area contributed by atoms with Crippen molar-refractivity contribution in [3.8, 4) is 0 Å². The third-order valence-corrected chi connectivity index (χ3v) is 3.78. The minimum atomic E-state index is 0.348. The highest BCUT2D eigenvalue weighted by Gasteiger charge is 2.51. The zero-order valence-electron chi connectivity index (χ0n) is 9.39. The maximum atomic E-state index is 6.04. The van der Waals surface area contributed by atoms with E-state index >= 15 is 0 Å². The van der Waals surface area contributed by atoms with E-state index in [1.807, 2.05) is 6.07 Å². The molecule has 1 saturated carbocycles. The van der Waals surface area contributed by atoms with Crippen LogP contribution in [0.1, 0.15) is 25.8 Å². The van der Waals surface area contributed by atoms with Crippen LogP contribution in [0.4, 0.5) is 0 Å². The molecule has 2 atom stereocenters. The molecular formula is C13H18ClN. The molecule has 0 radical (unpaired) electrons. The lowest BCUT2D eigenvalue weighted by molar-refractivity contribution is 0.556. The first kappa shape index (κ1) is 11.0. The van der Waals surface area contributed by atoms with Crippen LogP contribution in [-0.2, 0) is 5.41 Å². The largest absolute Gasteiger partial charge is 0.316 e. The van der Waals surface area contributed by atoms with Crippen LogP contribution in [0.25, 0.3) is 0 Å². The van der Waals surface area contributed by atoms with E-state index < -0.39 is 0 Å². The molecule has 0 saturated heterocycles. The monoisotopic (exact) mass is 223 g/mol. The Balaban J connectivity index is 2.20. The van der Waals surface area contributed by atoms with Gasteiger partial charge in [-0.05, 0) is 36.6 Å². The van der Waals surface area contributed by atoms with E-state index in [9.17, 15) is 0 Å². The van der Waals surface area contributed by atoms with Gasteiger partial charge in [0.2, 0.25) is 0 Å². The first-order valence-corrected chi connectivity index (χ1v) is 6.03. The van der Waals surface area contributed by atoms with Gasteiger partial charge in [0, 0.05) is 17.0 Å². The summed E-state index contributed by atoms with van der Waals surface area (Å²) < 4.78 is 0. The van der Waals surface area contributed by atoms with E-state index in [1.54, 1.807) is 0 Å². The zero-order valence-corrected chi connectivity index (χ0v) is 10.1. The van der Waals surface area contributed by atoms with Crippen LogP contribution >= 0.6 is 11.6 Å². The van der Waals surface area contributed by atoms with Gasteiger partial charge in [-0.2, -0.15) is 0 Å². The fourth-order valence-corrected chi connectivity index (χ4v) is 2.57. The predicted molar refractivity (Wildman–Crippen MR) is 65.5 cm³/mol. The molecule has 0 aromatic heterocycles. The molecule has 1 aliphatic carbocycles. The number of benzene rings is 1. The second-order valence-corrected chi connectivity index (χ2v) is 4.99. The summed E-state index contributed by atoms with van der Waals surface area (Å²) in [6.45, 7) is 6.58. The summed E-state index contributed by atoms with van der Waals surface area (Å²) >= 11 is 6.04. The molecule has 1 aromatic carbocycles. The molecule has 2 rings (SSSR count). The molecule has 15 heavy (non-hydrogen) atoms. The van der Waals surface area contributed by atoms with E-state index in [0.717, 1.165) is 24.0 Å². The summed E-state index contributed by atoms with van der Waals surface area (Å²) in [4.78, 5) is 0. The van der Waals surface area contributed by atoms with E-state index in [2.05, 4.69) is 37.4 Å². The number of halogens is 1. The molecule has 0 bridgehead atoms. The zero-order chi connectivity index (χ0) is 10.9. The molecule has 0 heterocycles. The highest BCUT2D eigenvalue weighted by Crippen LogP contribution is 2.53. The van der Waals surface area contributed by atoms with Crippen LogP contribution in [0.15, 0.2) is 24.3 Å². The third-order valence-electron chi connectivity index (χ3n) is 3.54. The number of hydrogen-bond acceptors (Lipinski definition) is 1. The molecule has 1 fully saturated rings. The summed E-state index contributed by atoms with van der Waals surface area (Å²) in [6.07, 6.45) is 1.28. The van der Waals surface area contributed by atoms with Crippen molar-refractivity contribution >= 4 is 11.6 Å². The summed E-state index contributed by atoms with van der Waals surface area (Å²) in [6, 6.07) is 8.31. The van der Waals surface area contributed by atoms with Crippen molar-refractivity contribution in [3.05, 3.63) is 34.9 Å². The van der Waals surface area contributed by atoms with E-state index in [0.29, 0.717) is 5.41 Å². The van der Waals surface area contributed by atoms with Crippen molar-refractivity contribution in [1.82, 2.24) is 5.32 Å². The normalized spacial score (nSPS) is 29.1. The average molecular weight is 224 g/mol. The minimum absolute atomic E-state index is 0.348. The Kier molecular flexibility index (Phi) is 3.03. The first-order chi connectivity index (χ1) is 7.19. The Morgan fingerprint density at radius 1 is 1.53 bits per heavy atom. The van der Waals surface area contributed by atoms with Crippen molar-refractivity contribution in [1.29, 1.82) is 0 Å². The van der Waals surface area contributed by atoms with Crippen LogP contribution in [0.5, 0.6) is 0 Å². The maximum Gasteiger partial charge on any atom is 0.0408 e. The fourth-order valence-electron chi connectivity index (χ4n) is 2.38. The minimum Gasteiger partial charge on any atom is -0.316 e. The van der Waals surface area contributed by atoms with Gasteiger partial charge in [-0.1, -0.05) is 37.6 Å². The molecule has 2 heteroatoms. The smallest absolute Gasteiger partial charge is 0.0408 e. The van der Waals surface area contributed by atoms with Gasteiger partial charge >= 0.3 is 0 Å². The molecule has 0 aliphatic heterocycles. The van der Waals surface area contributed by atoms with Gasteiger partial charge in [-0.25, -0.2) is 0 Å². The highest BCUT2D eigenvalue weighted by atomic mass is 35.5. The van der Waals surface area contributed by atoms with E-state index in [4.69, 9.17) is 11.6 Å². The molecule has 1 aliphatic rings. The lowest BCUT2D eigenvalue weighted by Crippen LogP contribution is -2.28. The fraction of sp³-hybridized carbons (Fsp3) is 0.538. The molecule has 0 spiro atoms. The second-order valence-electron chi connectivity index (χ2n) is 4.55. The van der Waals surface area contributed by atoms with Gasteiger partial charge in [-0.15, -0.1) is 0 Å². The Labute approximate surface area is 96.8 Å². The Bertz CT molecular complexity index is 350. The molecule has 82 valence electrons. The predicted octanol–water partition coefficient (Wildman–Crippen LogP) is 3.23. The van der Waals surface area contributed by atoms with Gasteiger partial charge in [0.25, 0.3) is 0 Å². The highest BCUT2D eigenvalue weighted by molar-refractivity contribution is 6.30. The average Bonchev–Trinajstić information content (AvgIpc) is 2.88. The lowest BCUT2D eigenvalue weighted by atomic mass is 9.93. The van der Waals surface area contributed by atoms with Crippen molar-refractivity contribution in [2.24, 2.45) is 5.92 Å². The van der Waals surface area contributed by atoms with E-state index in [-0.39, 0.29) is 0 Å². The maximum absolute atomic E-state index is 6.04. The van der Waals surface area contributed by atoms with Crippen molar-refractivity contribution in [3.63, 3.8) is 0 Å². The number of rotatable bonds is 4. The van der Waals surface area contributed by atoms with Gasteiger partial charge < -0.3 is 5.32 Å². The summed E-state index contributed by atoms with van der Waals surface area (Å²) in [5, 5.41) is 4.31. The Morgan fingerprint density at radius 2 is 2.27 bits per heavy atom. The van der Waals surface area contributed by atoms with Crippen LogP contribution < -0.4 is 5.32 Å². The third kappa shape index (κ3) is 2.04. The summed E-state index contributed by atoms with van der Waals surface area (Å²) in [5.41, 5.74) is 1.74. The Hall–Kier alpha value is -0.530. The van der Waals surface area contributed by atoms with Gasteiger partial charge in [0.15, 0.2) is 0 Å². The lowest BCUT2D eigenvalue weighted by Gasteiger charge is -2.17. The SMILES string of the molecule is CCNCC1(c2cccc(Cl)c2)CC1C. The number of hydrogen-bond donors (Lipinski definition) is 1. The number of nitrogens with one attached hydrogen (secondary N) is 1. The molecule has 1 nitrogen and oxygen atoms in total. The van der Waals surface area contributed by atoms with Crippen molar-refractivity contribution in [2.45, 2.75) is 25.7 Å². The van der Waals surface area contributed by atoms with Crippen LogP contribution in [0, 0.1) is 5.92 Å². The topological polar surface area (TPSA) is 12.0 Å². The Morgan fingerprint density at radius 3 is 2.80 bits per heavy atom. The number of likely N-dealkylation sites (N-methyl/N-ethyl adjacent to an activating group) is 1. The molecule has 1 N–H and O–H groups in total. The molecule has 2 unspecified atom stereocenters. The summed E-state index contributed by atoms with van der Waals surface area (Å²) in [7, 11) is 0. The van der Waals surface area contributed by atoms with E-state index in [1.165, 1.54) is 12.0 Å². The second kappa shape index (κ2) is 4.15. The van der Waals surface area contributed by atoms with Crippen molar-refractivity contribution < 1.29 is 0 Å². The molecule has 0 amide bonds. The van der Waals surface area contributed by atoms with Gasteiger partial charge in [0.1, 0.15) is 0 Å².